The molecule has 6 nitrogen and oxygen atoms in total. The van der Waals surface area contributed by atoms with Crippen molar-refractivity contribution in [3.63, 3.8) is 0 Å². The summed E-state index contributed by atoms with van der Waals surface area (Å²) in [5.74, 6) is 0.262. The summed E-state index contributed by atoms with van der Waals surface area (Å²) >= 11 is 3.22. The van der Waals surface area contributed by atoms with E-state index in [1.165, 1.54) is 0 Å². The van der Waals surface area contributed by atoms with Crippen molar-refractivity contribution in [3.05, 3.63) is 59.1 Å². The quantitative estimate of drug-likeness (QED) is 0.691. The van der Waals surface area contributed by atoms with E-state index in [0.29, 0.717) is 23.5 Å². The Morgan fingerprint density at radius 3 is 2.79 bits per heavy atom. The zero-order valence-electron chi connectivity index (χ0n) is 12.8. The number of aromatic nitrogens is 3. The Morgan fingerprint density at radius 2 is 2.04 bits per heavy atom. The molecule has 1 amide bonds. The van der Waals surface area contributed by atoms with Gasteiger partial charge in [0.1, 0.15) is 5.69 Å². The fourth-order valence-electron chi connectivity index (χ4n) is 2.92. The van der Waals surface area contributed by atoms with E-state index in [2.05, 4.69) is 26.2 Å². The summed E-state index contributed by atoms with van der Waals surface area (Å²) in [5, 5.41) is 8.49. The number of carbonyl (C=O) groups excluding carboxylic acids is 1. The minimum Gasteiger partial charge on any atom is -0.444 e. The molecule has 1 atom stereocenters. The molecular weight excluding hydrogens is 372 g/mol. The van der Waals surface area contributed by atoms with Crippen molar-refractivity contribution in [2.75, 3.05) is 13.1 Å². The van der Waals surface area contributed by atoms with E-state index in [0.717, 1.165) is 17.7 Å². The van der Waals surface area contributed by atoms with E-state index in [4.69, 9.17) is 4.42 Å². The summed E-state index contributed by atoms with van der Waals surface area (Å²) in [6.45, 7) is 1.29. The van der Waals surface area contributed by atoms with Crippen molar-refractivity contribution in [3.8, 4) is 11.3 Å². The van der Waals surface area contributed by atoms with Crippen LogP contribution in [0.1, 0.15) is 23.0 Å². The smallest absolute Gasteiger partial charge is 0.289 e. The molecule has 3 heterocycles. The van der Waals surface area contributed by atoms with Crippen LogP contribution in [-0.2, 0) is 0 Å². The first-order chi connectivity index (χ1) is 11.7. The van der Waals surface area contributed by atoms with Crippen LogP contribution in [0.25, 0.3) is 11.3 Å². The second-order valence-corrected chi connectivity index (χ2v) is 6.53. The highest BCUT2D eigenvalue weighted by Gasteiger charge is 2.30. The molecule has 1 fully saturated rings. The van der Waals surface area contributed by atoms with Gasteiger partial charge in [-0.05, 0) is 34.5 Å². The van der Waals surface area contributed by atoms with Gasteiger partial charge in [-0.25, -0.2) is 4.68 Å². The molecule has 3 aromatic rings. The van der Waals surface area contributed by atoms with Crippen LogP contribution in [0.2, 0.25) is 0 Å². The van der Waals surface area contributed by atoms with Crippen LogP contribution in [0.15, 0.2) is 57.7 Å². The normalized spacial score (nSPS) is 17.4. The Hall–Kier alpha value is -2.41. The average Bonchev–Trinajstić information content (AvgIpc) is 3.35. The summed E-state index contributed by atoms with van der Waals surface area (Å²) in [7, 11) is 0. The van der Waals surface area contributed by atoms with Gasteiger partial charge in [0.15, 0.2) is 10.4 Å². The lowest BCUT2D eigenvalue weighted by atomic mass is 10.2. The monoisotopic (exact) mass is 386 g/mol. The number of carbonyl (C=O) groups is 1. The molecule has 4 rings (SSSR count). The van der Waals surface area contributed by atoms with Gasteiger partial charge in [0.05, 0.1) is 12.2 Å². The second kappa shape index (κ2) is 6.24. The first kappa shape index (κ1) is 15.1. The third-order valence-electron chi connectivity index (χ3n) is 4.19. The molecule has 0 N–H and O–H groups in total. The second-order valence-electron chi connectivity index (χ2n) is 5.75. The fraction of sp³-hybridized carbons (Fsp3) is 0.235. The fourth-order valence-corrected chi connectivity index (χ4v) is 3.23. The number of rotatable bonds is 3. The molecule has 1 aliphatic heterocycles. The molecule has 0 spiro atoms. The van der Waals surface area contributed by atoms with E-state index in [-0.39, 0.29) is 11.9 Å². The topological polar surface area (TPSA) is 64.2 Å². The molecule has 7 heteroatoms. The van der Waals surface area contributed by atoms with E-state index < -0.39 is 0 Å². The van der Waals surface area contributed by atoms with Crippen molar-refractivity contribution in [1.82, 2.24) is 19.9 Å². The molecule has 1 aliphatic rings. The Bertz CT molecular complexity index is 858. The number of likely N-dealkylation sites (tertiary alicyclic amines) is 1. The van der Waals surface area contributed by atoms with Crippen LogP contribution in [0, 0.1) is 0 Å². The van der Waals surface area contributed by atoms with E-state index in [1.807, 2.05) is 41.2 Å². The van der Waals surface area contributed by atoms with Crippen LogP contribution in [0.4, 0.5) is 0 Å². The lowest BCUT2D eigenvalue weighted by Gasteiger charge is -2.14. The van der Waals surface area contributed by atoms with Gasteiger partial charge in [0.25, 0.3) is 5.91 Å². The first-order valence-corrected chi connectivity index (χ1v) is 8.52. The predicted molar refractivity (Wildman–Crippen MR) is 91.4 cm³/mol. The van der Waals surface area contributed by atoms with Crippen LogP contribution < -0.4 is 0 Å². The third kappa shape index (κ3) is 2.87. The van der Waals surface area contributed by atoms with E-state index in [1.54, 1.807) is 17.0 Å². The number of hydrogen-bond donors (Lipinski definition) is 0. The maximum atomic E-state index is 12.4. The average molecular weight is 387 g/mol. The standard InChI is InChI=1S/C17H15BrN4O2/c18-16-7-6-15(24-16)17(23)21-9-8-13(10-21)22-11-14(19-20-22)12-4-2-1-3-5-12/h1-7,11,13H,8-10H2/t13-/m1/s1. The molecular formula is C17H15BrN4O2. The summed E-state index contributed by atoms with van der Waals surface area (Å²) in [6.07, 6.45) is 2.79. The highest BCUT2D eigenvalue weighted by molar-refractivity contribution is 9.10. The molecule has 0 aliphatic carbocycles. The Labute approximate surface area is 147 Å². The van der Waals surface area contributed by atoms with Crippen LogP contribution >= 0.6 is 15.9 Å². The maximum Gasteiger partial charge on any atom is 0.289 e. The highest BCUT2D eigenvalue weighted by Crippen LogP contribution is 2.25. The number of furan rings is 1. The van der Waals surface area contributed by atoms with E-state index in [9.17, 15) is 4.79 Å². The zero-order chi connectivity index (χ0) is 16.5. The molecule has 122 valence electrons. The van der Waals surface area contributed by atoms with Crippen molar-refractivity contribution in [2.24, 2.45) is 0 Å². The summed E-state index contributed by atoms with van der Waals surface area (Å²) in [4.78, 5) is 14.2. The van der Waals surface area contributed by atoms with Gasteiger partial charge in [-0.15, -0.1) is 5.10 Å². The third-order valence-corrected chi connectivity index (χ3v) is 4.61. The van der Waals surface area contributed by atoms with Crippen LogP contribution in [0.5, 0.6) is 0 Å². The van der Waals surface area contributed by atoms with Gasteiger partial charge in [-0.3, -0.25) is 4.79 Å². The molecule has 0 bridgehead atoms. The summed E-state index contributed by atoms with van der Waals surface area (Å²) in [5.41, 5.74) is 1.88. The number of halogens is 1. The van der Waals surface area contributed by atoms with Crippen molar-refractivity contribution >= 4 is 21.8 Å². The number of hydrogen-bond acceptors (Lipinski definition) is 4. The molecule has 0 unspecified atom stereocenters. The first-order valence-electron chi connectivity index (χ1n) is 7.72. The Balaban J connectivity index is 1.47. The minimum absolute atomic E-state index is 0.0911. The van der Waals surface area contributed by atoms with Crippen molar-refractivity contribution < 1.29 is 9.21 Å². The molecule has 24 heavy (non-hydrogen) atoms. The van der Waals surface area contributed by atoms with Gasteiger partial charge in [0, 0.05) is 18.7 Å². The maximum absolute atomic E-state index is 12.4. The number of benzene rings is 1. The van der Waals surface area contributed by atoms with Crippen molar-refractivity contribution in [2.45, 2.75) is 12.5 Å². The lowest BCUT2D eigenvalue weighted by molar-refractivity contribution is 0.0754. The predicted octanol–water partition coefficient (Wildman–Crippen LogP) is 3.39. The Morgan fingerprint density at radius 1 is 1.21 bits per heavy atom. The van der Waals surface area contributed by atoms with Crippen LogP contribution in [-0.4, -0.2) is 38.9 Å². The molecule has 1 aromatic carbocycles. The van der Waals surface area contributed by atoms with Crippen LogP contribution in [0.3, 0.4) is 0 Å². The van der Waals surface area contributed by atoms with E-state index >= 15 is 0 Å². The minimum atomic E-state index is -0.0911. The van der Waals surface area contributed by atoms with Gasteiger partial charge >= 0.3 is 0 Å². The molecule has 0 saturated carbocycles. The Kier molecular flexibility index (Phi) is 3.93. The summed E-state index contributed by atoms with van der Waals surface area (Å²) in [6, 6.07) is 13.5. The lowest BCUT2D eigenvalue weighted by Crippen LogP contribution is -2.28. The van der Waals surface area contributed by atoms with Gasteiger partial charge in [-0.1, -0.05) is 35.5 Å². The van der Waals surface area contributed by atoms with Crippen molar-refractivity contribution in [1.29, 1.82) is 0 Å². The highest BCUT2D eigenvalue weighted by atomic mass is 79.9. The molecule has 2 aromatic heterocycles. The van der Waals surface area contributed by atoms with Gasteiger partial charge in [0.2, 0.25) is 0 Å². The number of nitrogens with zero attached hydrogens (tertiary/aromatic N) is 4. The van der Waals surface area contributed by atoms with Gasteiger partial charge < -0.3 is 9.32 Å². The SMILES string of the molecule is O=C(c1ccc(Br)o1)N1CC[C@@H](n2cc(-c3ccccc3)nn2)C1. The summed E-state index contributed by atoms with van der Waals surface area (Å²) < 4.78 is 7.77. The van der Waals surface area contributed by atoms with Gasteiger partial charge in [-0.2, -0.15) is 0 Å². The largest absolute Gasteiger partial charge is 0.444 e. The molecule has 1 saturated heterocycles. The molecule has 0 radical (unpaired) electrons. The zero-order valence-corrected chi connectivity index (χ0v) is 14.4. The number of amides is 1.